The van der Waals surface area contributed by atoms with Gasteiger partial charge >= 0.3 is 6.09 Å². The van der Waals surface area contributed by atoms with Gasteiger partial charge in [-0.3, -0.25) is 0 Å². The summed E-state index contributed by atoms with van der Waals surface area (Å²) in [5.41, 5.74) is 0.590. The molecule has 0 bridgehead atoms. The fourth-order valence-corrected chi connectivity index (χ4v) is 5.76. The van der Waals surface area contributed by atoms with Gasteiger partial charge in [0, 0.05) is 38.0 Å². The second-order valence-corrected chi connectivity index (χ2v) is 10.2. The van der Waals surface area contributed by atoms with Crippen molar-refractivity contribution < 1.29 is 27.1 Å². The Labute approximate surface area is 204 Å². The highest BCUT2D eigenvalue weighted by atomic mass is 32.2. The van der Waals surface area contributed by atoms with Gasteiger partial charge in [0.05, 0.1) is 12.0 Å². The van der Waals surface area contributed by atoms with E-state index in [1.54, 1.807) is 7.11 Å². The largest absolute Gasteiger partial charge is 0.496 e. The number of amides is 1. The first-order valence-electron chi connectivity index (χ1n) is 11.2. The first-order valence-corrected chi connectivity index (χ1v) is 12.7. The first kappa shape index (κ1) is 24.7. The van der Waals surface area contributed by atoms with Crippen LogP contribution in [0.2, 0.25) is 0 Å². The summed E-state index contributed by atoms with van der Waals surface area (Å²) in [4.78, 5) is 12.8. The maximum absolute atomic E-state index is 13.6. The summed E-state index contributed by atoms with van der Waals surface area (Å²) in [5, 5.41) is 2.77. The molecule has 9 heteroatoms. The highest BCUT2D eigenvalue weighted by Gasteiger charge is 2.43. The quantitative estimate of drug-likeness (QED) is 0.521. The first-order chi connectivity index (χ1) is 16.8. The molecule has 35 heavy (non-hydrogen) atoms. The van der Waals surface area contributed by atoms with Gasteiger partial charge in [-0.25, -0.2) is 17.6 Å². The predicted octanol–water partition coefficient (Wildman–Crippen LogP) is 4.44. The van der Waals surface area contributed by atoms with Crippen molar-refractivity contribution in [2.75, 3.05) is 20.2 Å². The number of methoxy groups -OCH3 is 1. The van der Waals surface area contributed by atoms with E-state index in [1.165, 1.54) is 22.5 Å². The van der Waals surface area contributed by atoms with Crippen molar-refractivity contribution in [3.05, 3.63) is 95.8 Å². The van der Waals surface area contributed by atoms with Crippen molar-refractivity contribution in [1.29, 1.82) is 0 Å². The van der Waals surface area contributed by atoms with Crippen LogP contribution in [0.25, 0.3) is 0 Å². The van der Waals surface area contributed by atoms with E-state index in [1.807, 2.05) is 54.6 Å². The zero-order valence-electron chi connectivity index (χ0n) is 19.3. The molecule has 0 atom stereocenters. The summed E-state index contributed by atoms with van der Waals surface area (Å²) >= 11 is 0. The Bertz CT molecular complexity index is 1280. The van der Waals surface area contributed by atoms with E-state index in [-0.39, 0.29) is 37.4 Å². The molecule has 1 saturated heterocycles. The van der Waals surface area contributed by atoms with E-state index in [0.29, 0.717) is 5.75 Å². The molecule has 4 rings (SSSR count). The highest BCUT2D eigenvalue weighted by molar-refractivity contribution is 7.89. The third kappa shape index (κ3) is 5.47. The number of benzene rings is 3. The Morgan fingerprint density at radius 1 is 1.00 bits per heavy atom. The number of carbonyl (C=O) groups excluding carboxylic acids is 1. The van der Waals surface area contributed by atoms with Crippen LogP contribution in [0.15, 0.2) is 83.8 Å². The van der Waals surface area contributed by atoms with Crippen molar-refractivity contribution >= 4 is 16.1 Å². The second kappa shape index (κ2) is 10.5. The van der Waals surface area contributed by atoms with Crippen molar-refractivity contribution in [1.82, 2.24) is 9.62 Å². The summed E-state index contributed by atoms with van der Waals surface area (Å²) < 4.78 is 52.4. The summed E-state index contributed by atoms with van der Waals surface area (Å²) in [6.45, 7) is 0.453. The molecule has 1 N–H and O–H groups in total. The lowest BCUT2D eigenvalue weighted by molar-refractivity contribution is -0.0279. The molecular weight excluding hydrogens is 471 g/mol. The molecule has 1 aliphatic heterocycles. The number of sulfonamides is 1. The summed E-state index contributed by atoms with van der Waals surface area (Å²) in [5.74, 6) is 0.0400. The maximum atomic E-state index is 13.6. The van der Waals surface area contributed by atoms with E-state index in [0.717, 1.165) is 17.2 Å². The molecule has 0 unspecified atom stereocenters. The number of piperidine rings is 1. The third-order valence-electron chi connectivity index (χ3n) is 6.17. The number of nitrogens with zero attached hydrogens (tertiary/aromatic N) is 1. The predicted molar refractivity (Wildman–Crippen MR) is 129 cm³/mol. The lowest BCUT2D eigenvalue weighted by atomic mass is 9.85. The Morgan fingerprint density at radius 3 is 2.37 bits per heavy atom. The van der Waals surface area contributed by atoms with Crippen molar-refractivity contribution in [3.63, 3.8) is 0 Å². The van der Waals surface area contributed by atoms with Gasteiger partial charge in [0.25, 0.3) is 0 Å². The molecule has 7 nitrogen and oxygen atoms in total. The topological polar surface area (TPSA) is 84.9 Å². The van der Waals surface area contributed by atoms with Crippen LogP contribution in [0.1, 0.15) is 24.0 Å². The van der Waals surface area contributed by atoms with Crippen molar-refractivity contribution in [3.8, 4) is 5.75 Å². The van der Waals surface area contributed by atoms with Gasteiger partial charge in [-0.15, -0.1) is 0 Å². The number of rotatable bonds is 7. The van der Waals surface area contributed by atoms with Gasteiger partial charge in [0.1, 0.15) is 17.2 Å². The number of hydrogen-bond acceptors (Lipinski definition) is 5. The third-order valence-corrected chi connectivity index (χ3v) is 8.06. The lowest BCUT2D eigenvalue weighted by Gasteiger charge is -2.41. The molecule has 1 aliphatic rings. The Balaban J connectivity index is 1.50. The molecule has 0 spiro atoms. The number of ether oxygens (including phenoxy) is 2. The number of alkyl carbamates (subject to hydrolysis) is 1. The van der Waals surface area contributed by atoms with E-state index < -0.39 is 27.5 Å². The SMILES string of the molecule is COc1ccccc1CNC(=O)OC1(c2ccccc2)CCN(S(=O)(=O)c2cccc(F)c2)CC1. The number of carbonyl (C=O) groups is 1. The monoisotopic (exact) mass is 498 g/mol. The van der Waals surface area contributed by atoms with Gasteiger partial charge < -0.3 is 14.8 Å². The van der Waals surface area contributed by atoms with Crippen LogP contribution in [0.4, 0.5) is 9.18 Å². The van der Waals surface area contributed by atoms with Gasteiger partial charge in [0.15, 0.2) is 0 Å². The number of halogens is 1. The summed E-state index contributed by atoms with van der Waals surface area (Å²) in [6, 6.07) is 21.6. The van der Waals surface area contributed by atoms with Crippen LogP contribution in [-0.4, -0.2) is 39.0 Å². The van der Waals surface area contributed by atoms with Crippen LogP contribution in [0.3, 0.4) is 0 Å². The number of nitrogens with one attached hydrogen (secondary N) is 1. The molecule has 0 aromatic heterocycles. The fraction of sp³-hybridized carbons (Fsp3) is 0.269. The average Bonchev–Trinajstić information content (AvgIpc) is 2.88. The molecule has 0 radical (unpaired) electrons. The zero-order chi connectivity index (χ0) is 24.9. The number of hydrogen-bond donors (Lipinski definition) is 1. The summed E-state index contributed by atoms with van der Waals surface area (Å²) in [6.07, 6.45) is -0.0948. The molecular formula is C26H27FN2O5S. The fourth-order valence-electron chi connectivity index (χ4n) is 4.29. The van der Waals surface area contributed by atoms with Crippen LogP contribution < -0.4 is 10.1 Å². The maximum Gasteiger partial charge on any atom is 0.408 e. The molecule has 3 aromatic carbocycles. The minimum atomic E-state index is -3.88. The van der Waals surface area contributed by atoms with E-state index in [9.17, 15) is 17.6 Å². The molecule has 1 fully saturated rings. The normalized spacial score (nSPS) is 15.8. The minimum Gasteiger partial charge on any atom is -0.496 e. The average molecular weight is 499 g/mol. The lowest BCUT2D eigenvalue weighted by Crippen LogP contribution is -2.48. The van der Waals surface area contributed by atoms with E-state index >= 15 is 0 Å². The number of para-hydroxylation sites is 1. The highest BCUT2D eigenvalue weighted by Crippen LogP contribution is 2.38. The summed E-state index contributed by atoms with van der Waals surface area (Å²) in [7, 11) is -2.31. The van der Waals surface area contributed by atoms with Crippen LogP contribution >= 0.6 is 0 Å². The molecule has 3 aromatic rings. The van der Waals surface area contributed by atoms with Crippen molar-refractivity contribution in [2.45, 2.75) is 29.9 Å². The van der Waals surface area contributed by atoms with Crippen LogP contribution in [0, 0.1) is 5.82 Å². The molecule has 184 valence electrons. The molecule has 1 amide bonds. The minimum absolute atomic E-state index is 0.0971. The van der Waals surface area contributed by atoms with Gasteiger partial charge in [-0.2, -0.15) is 4.31 Å². The van der Waals surface area contributed by atoms with Crippen molar-refractivity contribution in [2.24, 2.45) is 0 Å². The van der Waals surface area contributed by atoms with Gasteiger partial charge in [0.2, 0.25) is 10.0 Å². The Kier molecular flexibility index (Phi) is 7.37. The van der Waals surface area contributed by atoms with E-state index in [4.69, 9.17) is 9.47 Å². The smallest absolute Gasteiger partial charge is 0.408 e. The van der Waals surface area contributed by atoms with Crippen LogP contribution in [-0.2, 0) is 26.9 Å². The molecule has 1 heterocycles. The standard InChI is InChI=1S/C26H27FN2O5S/c1-33-24-13-6-5-8-20(24)19-28-25(30)34-26(21-9-3-2-4-10-21)14-16-29(17-15-26)35(31,32)23-12-7-11-22(27)18-23/h2-13,18H,14-17,19H2,1H3,(H,28,30). The second-order valence-electron chi connectivity index (χ2n) is 8.28. The zero-order valence-corrected chi connectivity index (χ0v) is 20.1. The van der Waals surface area contributed by atoms with Gasteiger partial charge in [-0.1, -0.05) is 54.6 Å². The van der Waals surface area contributed by atoms with Gasteiger partial charge in [-0.05, 0) is 29.8 Å². The molecule has 0 aliphatic carbocycles. The molecule has 0 saturated carbocycles. The van der Waals surface area contributed by atoms with Crippen LogP contribution in [0.5, 0.6) is 5.75 Å². The van der Waals surface area contributed by atoms with E-state index in [2.05, 4.69) is 5.32 Å². The Hall–Kier alpha value is -3.43. The Morgan fingerprint density at radius 2 is 1.69 bits per heavy atom.